The number of nitrogens with one attached hydrogen (secondary N) is 1. The third-order valence-electron chi connectivity index (χ3n) is 7.02. The monoisotopic (exact) mass is 588 g/mol. The van der Waals surface area contributed by atoms with Crippen molar-refractivity contribution in [1.29, 1.82) is 0 Å². The number of benzene rings is 2. The number of nitrogens with zero attached hydrogens (tertiary/aromatic N) is 4. The van der Waals surface area contributed by atoms with Gasteiger partial charge in [0.1, 0.15) is 11.5 Å². The van der Waals surface area contributed by atoms with Crippen molar-refractivity contribution in [2.75, 3.05) is 59.3 Å². The molecule has 0 amide bonds. The number of hydrogen-bond acceptors (Lipinski definition) is 10. The molecule has 0 saturated carbocycles. The van der Waals surface area contributed by atoms with Crippen LogP contribution in [0.2, 0.25) is 0 Å². The third-order valence-corrected chi connectivity index (χ3v) is 8.05. The minimum absolute atomic E-state index is 0.494. The highest BCUT2D eigenvalue weighted by Crippen LogP contribution is 2.27. The zero-order valence-electron chi connectivity index (χ0n) is 24.6. The molecule has 5 rings (SSSR count). The maximum Gasteiger partial charge on any atom is 0.227 e. The molecule has 9 nitrogen and oxygen atoms in total. The lowest BCUT2D eigenvalue weighted by atomic mass is 10.1. The van der Waals surface area contributed by atoms with Gasteiger partial charge in [-0.1, -0.05) is 12.1 Å². The molecule has 0 atom stereocenters. The van der Waals surface area contributed by atoms with E-state index in [-0.39, 0.29) is 0 Å². The van der Waals surface area contributed by atoms with E-state index in [1.54, 1.807) is 20.4 Å². The van der Waals surface area contributed by atoms with Gasteiger partial charge < -0.3 is 30.3 Å². The Morgan fingerprint density at radius 1 is 0.976 bits per heavy atom. The fraction of sp³-hybridized carbons (Fsp3) is 0.344. The van der Waals surface area contributed by atoms with E-state index in [0.717, 1.165) is 59.0 Å². The maximum absolute atomic E-state index is 10.9. The molecule has 2 aromatic heterocycles. The first-order valence-electron chi connectivity index (χ1n) is 14.1. The zero-order chi connectivity index (χ0) is 29.7. The van der Waals surface area contributed by atoms with Crippen LogP contribution in [0, 0.1) is 0 Å². The van der Waals surface area contributed by atoms with Crippen LogP contribution in [0.1, 0.15) is 27.2 Å². The quantitative estimate of drug-likeness (QED) is 0.231. The predicted octanol–water partition coefficient (Wildman–Crippen LogP) is 5.10. The summed E-state index contributed by atoms with van der Waals surface area (Å²) in [7, 11) is 5.43. The summed E-state index contributed by atoms with van der Waals surface area (Å²) >= 11 is 1.43. The van der Waals surface area contributed by atoms with Gasteiger partial charge in [-0.15, -0.1) is 11.3 Å². The van der Waals surface area contributed by atoms with Gasteiger partial charge in [0.15, 0.2) is 6.29 Å². The summed E-state index contributed by atoms with van der Waals surface area (Å²) in [5.41, 5.74) is 9.61. The predicted molar refractivity (Wildman–Crippen MR) is 170 cm³/mol. The van der Waals surface area contributed by atoms with Gasteiger partial charge in [-0.25, -0.2) is 9.97 Å². The summed E-state index contributed by atoms with van der Waals surface area (Å²) in [6, 6.07) is 19.7. The van der Waals surface area contributed by atoms with E-state index in [2.05, 4.69) is 50.3 Å². The van der Waals surface area contributed by atoms with Gasteiger partial charge in [0.05, 0.1) is 29.7 Å². The van der Waals surface area contributed by atoms with E-state index in [1.807, 2.05) is 42.5 Å². The first-order chi connectivity index (χ1) is 20.5. The van der Waals surface area contributed by atoms with Gasteiger partial charge in [0.25, 0.3) is 0 Å². The second-order valence-electron chi connectivity index (χ2n) is 10.1. The van der Waals surface area contributed by atoms with E-state index < -0.39 is 0 Å². The van der Waals surface area contributed by atoms with E-state index in [0.29, 0.717) is 17.4 Å². The van der Waals surface area contributed by atoms with Gasteiger partial charge in [-0.05, 0) is 80.0 Å². The molecule has 1 aliphatic heterocycles. The van der Waals surface area contributed by atoms with Crippen LogP contribution in [-0.2, 0) is 13.0 Å². The highest BCUT2D eigenvalue weighted by atomic mass is 32.1. The number of carbonyl (C=O) groups is 1. The Morgan fingerprint density at radius 3 is 2.40 bits per heavy atom. The van der Waals surface area contributed by atoms with Gasteiger partial charge in [-0.3, -0.25) is 4.79 Å². The molecule has 3 heterocycles. The molecule has 0 aliphatic carbocycles. The van der Waals surface area contributed by atoms with Crippen LogP contribution < -0.4 is 20.5 Å². The van der Waals surface area contributed by atoms with Crippen LogP contribution in [0.3, 0.4) is 0 Å². The Morgan fingerprint density at radius 2 is 1.74 bits per heavy atom. The summed E-state index contributed by atoms with van der Waals surface area (Å²) in [6.45, 7) is 6.32. The molecule has 1 fully saturated rings. The number of hydrogen-bond donors (Lipinski definition) is 2. The average Bonchev–Trinajstić information content (AvgIpc) is 3.52. The molecule has 0 radical (unpaired) electrons. The Kier molecular flexibility index (Phi) is 11.8. The number of ether oxygens (including phenoxy) is 2. The Hall–Kier alpha value is -3.83. The number of anilines is 2. The van der Waals surface area contributed by atoms with Gasteiger partial charge in [0, 0.05) is 50.7 Å². The third kappa shape index (κ3) is 9.35. The standard InChI is InChI=1S/C23H27N5OS.C9H13NO2/c1-27-12-14-28(15-13-27)11-3-5-18-4-2-6-19(16-18)25-23-24-10-9-21(26-23)22-8-7-20(17-29)30-22;1-11-8-3-7(6-10)4-9(5-8)12-2/h2,4,6-10,16-17H,3,5,11-15H2,1H3,(H,24,25,26);3-5H,6,10H2,1-2H3. The number of nitrogens with two attached hydrogens (primary N) is 1. The van der Waals surface area contributed by atoms with Crippen LogP contribution in [0.5, 0.6) is 11.5 Å². The van der Waals surface area contributed by atoms with Crippen molar-refractivity contribution in [3.8, 4) is 22.1 Å². The van der Waals surface area contributed by atoms with E-state index in [4.69, 9.17) is 15.2 Å². The summed E-state index contributed by atoms with van der Waals surface area (Å²) < 4.78 is 10.1. The number of aromatic nitrogens is 2. The summed E-state index contributed by atoms with van der Waals surface area (Å²) in [6.07, 6.45) is 4.83. The van der Waals surface area contributed by atoms with E-state index in [1.165, 1.54) is 43.1 Å². The summed E-state index contributed by atoms with van der Waals surface area (Å²) in [5.74, 6) is 2.10. The Labute approximate surface area is 252 Å². The average molecular weight is 589 g/mol. The van der Waals surface area contributed by atoms with Crippen molar-refractivity contribution >= 4 is 29.3 Å². The molecule has 3 N–H and O–H groups in total. The topological polar surface area (TPSA) is 106 Å². The summed E-state index contributed by atoms with van der Waals surface area (Å²) in [4.78, 5) is 26.5. The molecule has 1 saturated heterocycles. The minimum Gasteiger partial charge on any atom is -0.497 e. The fourth-order valence-corrected chi connectivity index (χ4v) is 5.40. The van der Waals surface area contributed by atoms with Gasteiger partial charge in [-0.2, -0.15) is 0 Å². The van der Waals surface area contributed by atoms with Crippen LogP contribution >= 0.6 is 11.3 Å². The molecule has 10 heteroatoms. The highest BCUT2D eigenvalue weighted by Gasteiger charge is 2.13. The molecular weight excluding hydrogens is 548 g/mol. The van der Waals surface area contributed by atoms with Crippen molar-refractivity contribution < 1.29 is 14.3 Å². The molecular formula is C32H40N6O3S. The largest absolute Gasteiger partial charge is 0.497 e. The first-order valence-corrected chi connectivity index (χ1v) is 14.9. The molecule has 222 valence electrons. The molecule has 0 spiro atoms. The molecule has 4 aromatic rings. The molecule has 2 aromatic carbocycles. The van der Waals surface area contributed by atoms with E-state index in [9.17, 15) is 4.79 Å². The second kappa shape index (κ2) is 16.0. The number of likely N-dealkylation sites (N-methyl/N-ethyl adjacent to an activating group) is 1. The minimum atomic E-state index is 0.494. The molecule has 42 heavy (non-hydrogen) atoms. The number of thiophene rings is 1. The normalized spacial score (nSPS) is 13.6. The lowest BCUT2D eigenvalue weighted by Gasteiger charge is -2.32. The molecule has 1 aliphatic rings. The second-order valence-corrected chi connectivity index (χ2v) is 11.2. The van der Waals surface area contributed by atoms with Crippen LogP contribution in [0.4, 0.5) is 11.6 Å². The lowest BCUT2D eigenvalue weighted by molar-refractivity contribution is 0.112. The first kappa shape index (κ1) is 31.1. The van der Waals surface area contributed by atoms with Gasteiger partial charge in [0.2, 0.25) is 5.95 Å². The van der Waals surface area contributed by atoms with Crippen molar-refractivity contribution in [3.05, 3.63) is 82.9 Å². The van der Waals surface area contributed by atoms with Crippen LogP contribution in [0.15, 0.2) is 66.9 Å². The number of piperazine rings is 1. The molecule has 0 unspecified atom stereocenters. The van der Waals surface area contributed by atoms with Crippen molar-refractivity contribution in [2.45, 2.75) is 19.4 Å². The maximum atomic E-state index is 10.9. The van der Waals surface area contributed by atoms with E-state index >= 15 is 0 Å². The SMILES string of the molecule is CN1CCN(CCCc2cccc(Nc3nccc(-c4ccc(C=O)s4)n3)c2)CC1.COc1cc(CN)cc(OC)c1. The van der Waals surface area contributed by atoms with Crippen molar-refractivity contribution in [1.82, 2.24) is 19.8 Å². The van der Waals surface area contributed by atoms with Crippen LogP contribution in [0.25, 0.3) is 10.6 Å². The number of rotatable bonds is 11. The van der Waals surface area contributed by atoms with Crippen molar-refractivity contribution in [2.24, 2.45) is 5.73 Å². The zero-order valence-corrected chi connectivity index (χ0v) is 25.4. The summed E-state index contributed by atoms with van der Waals surface area (Å²) in [5, 5.41) is 3.32. The fourth-order valence-electron chi connectivity index (χ4n) is 4.61. The highest BCUT2D eigenvalue weighted by molar-refractivity contribution is 7.17. The van der Waals surface area contributed by atoms with Crippen molar-refractivity contribution in [3.63, 3.8) is 0 Å². The number of carbonyl (C=O) groups excluding carboxylic acids is 1. The van der Waals surface area contributed by atoms with Gasteiger partial charge >= 0.3 is 0 Å². The number of methoxy groups -OCH3 is 2. The van der Waals surface area contributed by atoms with Crippen LogP contribution in [-0.4, -0.2) is 80.0 Å². The number of aryl methyl sites for hydroxylation is 1. The molecule has 0 bridgehead atoms. The Balaban J connectivity index is 0.000000283. The smallest absolute Gasteiger partial charge is 0.227 e. The Bertz CT molecular complexity index is 1370. The lowest BCUT2D eigenvalue weighted by Crippen LogP contribution is -2.44. The number of aldehydes is 1.